The van der Waals surface area contributed by atoms with Crippen LogP contribution in [0.4, 0.5) is 29.5 Å². The van der Waals surface area contributed by atoms with Crippen molar-refractivity contribution in [3.05, 3.63) is 69.8 Å². The molecule has 35 heavy (non-hydrogen) atoms. The van der Waals surface area contributed by atoms with Crippen molar-refractivity contribution in [3.8, 4) is 11.4 Å². The van der Waals surface area contributed by atoms with Crippen LogP contribution in [0.1, 0.15) is 23.7 Å². The van der Waals surface area contributed by atoms with Crippen molar-refractivity contribution in [2.75, 3.05) is 36.4 Å². The standard InChI is InChI=1S/C25H25BrF3N5O/c1-3-21-16(2)30-22(17-5-4-6-18(15-17)25(27,28)29)32-23(21)33-11-13-34(14-12-33)24(35)31-20-9-7-19(26)8-10-20/h4-10,15H,3,11-14H2,1-2H3,(H,31,35). The van der Waals surface area contributed by atoms with Crippen LogP contribution in [-0.2, 0) is 12.6 Å². The van der Waals surface area contributed by atoms with Gasteiger partial charge < -0.3 is 15.1 Å². The topological polar surface area (TPSA) is 61.4 Å². The van der Waals surface area contributed by atoms with E-state index in [0.717, 1.165) is 27.9 Å². The molecule has 0 atom stereocenters. The Balaban J connectivity index is 1.53. The number of rotatable bonds is 4. The molecule has 2 aromatic carbocycles. The van der Waals surface area contributed by atoms with E-state index in [0.29, 0.717) is 49.7 Å². The highest BCUT2D eigenvalue weighted by molar-refractivity contribution is 9.10. The van der Waals surface area contributed by atoms with Gasteiger partial charge in [0, 0.05) is 53.2 Å². The number of hydrogen-bond acceptors (Lipinski definition) is 4. The minimum Gasteiger partial charge on any atom is -0.353 e. The number of aryl methyl sites for hydroxylation is 1. The van der Waals surface area contributed by atoms with Crippen molar-refractivity contribution in [1.82, 2.24) is 14.9 Å². The maximum atomic E-state index is 13.2. The Kier molecular flexibility index (Phi) is 7.30. The van der Waals surface area contributed by atoms with Gasteiger partial charge in [-0.1, -0.05) is 35.0 Å². The largest absolute Gasteiger partial charge is 0.416 e. The molecule has 4 rings (SSSR count). The lowest BCUT2D eigenvalue weighted by atomic mass is 10.1. The number of piperazine rings is 1. The third-order valence-electron chi connectivity index (χ3n) is 5.96. The SMILES string of the molecule is CCc1c(C)nc(-c2cccc(C(F)(F)F)c2)nc1N1CCN(C(=O)Nc2ccc(Br)cc2)CC1. The lowest BCUT2D eigenvalue weighted by molar-refractivity contribution is -0.137. The third kappa shape index (κ3) is 5.75. The summed E-state index contributed by atoms with van der Waals surface area (Å²) in [5.41, 5.74) is 1.99. The summed E-state index contributed by atoms with van der Waals surface area (Å²) in [5, 5.41) is 2.90. The number of nitrogens with zero attached hydrogens (tertiary/aromatic N) is 4. The van der Waals surface area contributed by atoms with Gasteiger partial charge in [0.25, 0.3) is 0 Å². The number of amides is 2. The van der Waals surface area contributed by atoms with E-state index in [-0.39, 0.29) is 11.9 Å². The Morgan fingerprint density at radius 2 is 1.74 bits per heavy atom. The number of benzene rings is 2. The highest BCUT2D eigenvalue weighted by Gasteiger charge is 2.31. The summed E-state index contributed by atoms with van der Waals surface area (Å²) < 4.78 is 40.6. The molecule has 0 saturated carbocycles. The second-order valence-electron chi connectivity index (χ2n) is 8.28. The highest BCUT2D eigenvalue weighted by Crippen LogP contribution is 2.33. The molecular formula is C25H25BrF3N5O. The summed E-state index contributed by atoms with van der Waals surface area (Å²) in [7, 11) is 0. The lowest BCUT2D eigenvalue weighted by Crippen LogP contribution is -2.50. The van der Waals surface area contributed by atoms with Crippen molar-refractivity contribution in [3.63, 3.8) is 0 Å². The molecule has 3 aromatic rings. The minimum atomic E-state index is -4.44. The molecule has 2 heterocycles. The van der Waals surface area contributed by atoms with Crippen molar-refractivity contribution < 1.29 is 18.0 Å². The van der Waals surface area contributed by atoms with E-state index in [9.17, 15) is 18.0 Å². The van der Waals surface area contributed by atoms with Crippen molar-refractivity contribution in [1.29, 1.82) is 0 Å². The van der Waals surface area contributed by atoms with Gasteiger partial charge in [-0.15, -0.1) is 0 Å². The zero-order valence-corrected chi connectivity index (χ0v) is 20.9. The summed E-state index contributed by atoms with van der Waals surface area (Å²) >= 11 is 3.38. The average molecular weight is 548 g/mol. The number of urea groups is 1. The third-order valence-corrected chi connectivity index (χ3v) is 6.48. The average Bonchev–Trinajstić information content (AvgIpc) is 2.84. The predicted octanol–water partition coefficient (Wildman–Crippen LogP) is 6.15. The van der Waals surface area contributed by atoms with Crippen LogP contribution in [0.25, 0.3) is 11.4 Å². The minimum absolute atomic E-state index is 0.175. The Bertz CT molecular complexity index is 1210. The first-order valence-corrected chi connectivity index (χ1v) is 12.1. The van der Waals surface area contributed by atoms with Gasteiger partial charge in [-0.05, 0) is 49.7 Å². The number of alkyl halides is 3. The van der Waals surface area contributed by atoms with E-state index in [2.05, 4.69) is 31.1 Å². The smallest absolute Gasteiger partial charge is 0.353 e. The highest BCUT2D eigenvalue weighted by atomic mass is 79.9. The number of halogens is 4. The first kappa shape index (κ1) is 25.0. The fraction of sp³-hybridized carbons (Fsp3) is 0.320. The van der Waals surface area contributed by atoms with Crippen molar-refractivity contribution in [2.24, 2.45) is 0 Å². The number of carbonyl (C=O) groups excluding carboxylic acids is 1. The quantitative estimate of drug-likeness (QED) is 0.425. The van der Waals surface area contributed by atoms with E-state index in [1.54, 1.807) is 11.0 Å². The second kappa shape index (κ2) is 10.2. The molecule has 1 aliphatic rings. The second-order valence-corrected chi connectivity index (χ2v) is 9.19. The van der Waals surface area contributed by atoms with Crippen LogP contribution < -0.4 is 10.2 Å². The van der Waals surface area contributed by atoms with Gasteiger partial charge in [-0.2, -0.15) is 13.2 Å². The molecule has 10 heteroatoms. The summed E-state index contributed by atoms with van der Waals surface area (Å²) in [5.74, 6) is 0.969. The van der Waals surface area contributed by atoms with Gasteiger partial charge in [-0.25, -0.2) is 14.8 Å². The maximum Gasteiger partial charge on any atom is 0.416 e. The van der Waals surface area contributed by atoms with Gasteiger partial charge in [0.1, 0.15) is 5.82 Å². The van der Waals surface area contributed by atoms with Crippen LogP contribution in [0, 0.1) is 6.92 Å². The Morgan fingerprint density at radius 3 is 2.37 bits per heavy atom. The van der Waals surface area contributed by atoms with Gasteiger partial charge in [-0.3, -0.25) is 0 Å². The van der Waals surface area contributed by atoms with E-state index < -0.39 is 11.7 Å². The number of nitrogens with one attached hydrogen (secondary N) is 1. The molecule has 2 amide bonds. The fourth-order valence-electron chi connectivity index (χ4n) is 4.08. The molecule has 0 unspecified atom stereocenters. The fourth-order valence-corrected chi connectivity index (χ4v) is 4.34. The van der Waals surface area contributed by atoms with Gasteiger partial charge in [0.05, 0.1) is 5.56 Å². The zero-order chi connectivity index (χ0) is 25.2. The van der Waals surface area contributed by atoms with Crippen LogP contribution in [0.5, 0.6) is 0 Å². The molecule has 1 fully saturated rings. The molecular weight excluding hydrogens is 523 g/mol. The van der Waals surface area contributed by atoms with Crippen LogP contribution >= 0.6 is 15.9 Å². The van der Waals surface area contributed by atoms with Gasteiger partial charge in [0.2, 0.25) is 0 Å². The first-order valence-electron chi connectivity index (χ1n) is 11.3. The summed E-state index contributed by atoms with van der Waals surface area (Å²) in [6, 6.07) is 12.3. The summed E-state index contributed by atoms with van der Waals surface area (Å²) in [4.78, 5) is 25.7. The first-order chi connectivity index (χ1) is 16.7. The summed E-state index contributed by atoms with van der Waals surface area (Å²) in [6.07, 6.45) is -3.75. The van der Waals surface area contributed by atoms with Crippen LogP contribution in [0.15, 0.2) is 53.0 Å². The molecule has 1 aliphatic heterocycles. The van der Waals surface area contributed by atoms with Crippen molar-refractivity contribution >= 4 is 33.5 Å². The number of aromatic nitrogens is 2. The molecule has 0 radical (unpaired) electrons. The van der Waals surface area contributed by atoms with Crippen LogP contribution in [0.3, 0.4) is 0 Å². The molecule has 6 nitrogen and oxygen atoms in total. The number of hydrogen-bond donors (Lipinski definition) is 1. The normalized spacial score (nSPS) is 14.2. The molecule has 1 saturated heterocycles. The van der Waals surface area contributed by atoms with E-state index in [4.69, 9.17) is 4.98 Å². The molecule has 1 aromatic heterocycles. The van der Waals surface area contributed by atoms with Crippen LogP contribution in [0.2, 0.25) is 0 Å². The van der Waals surface area contributed by atoms with Gasteiger partial charge in [0.15, 0.2) is 5.82 Å². The maximum absolute atomic E-state index is 13.2. The monoisotopic (exact) mass is 547 g/mol. The van der Waals surface area contributed by atoms with E-state index >= 15 is 0 Å². The Labute approximate surface area is 210 Å². The van der Waals surface area contributed by atoms with E-state index in [1.165, 1.54) is 6.07 Å². The van der Waals surface area contributed by atoms with Gasteiger partial charge >= 0.3 is 12.2 Å². The Morgan fingerprint density at radius 1 is 1.06 bits per heavy atom. The lowest BCUT2D eigenvalue weighted by Gasteiger charge is -2.36. The zero-order valence-electron chi connectivity index (χ0n) is 19.4. The molecule has 1 N–H and O–H groups in total. The number of anilines is 2. The summed E-state index contributed by atoms with van der Waals surface area (Å²) in [6.45, 7) is 5.95. The molecule has 0 bridgehead atoms. The van der Waals surface area contributed by atoms with Crippen molar-refractivity contribution in [2.45, 2.75) is 26.4 Å². The van der Waals surface area contributed by atoms with Crippen LogP contribution in [-0.4, -0.2) is 47.1 Å². The molecule has 0 aliphatic carbocycles. The molecule has 0 spiro atoms. The predicted molar refractivity (Wildman–Crippen MR) is 134 cm³/mol. The Hall–Kier alpha value is -3.14. The number of carbonyl (C=O) groups is 1. The van der Waals surface area contributed by atoms with E-state index in [1.807, 2.05) is 38.1 Å². The molecule has 184 valence electrons.